The molecule has 0 aromatic heterocycles. The molecule has 3 rings (SSSR count). The SMILES string of the molecule is O=C1CC(CCO)C2C3CCC(C3)C12. The minimum Gasteiger partial charge on any atom is -0.396 e. The van der Waals surface area contributed by atoms with Gasteiger partial charge in [0.05, 0.1) is 0 Å². The first-order valence-electron chi connectivity index (χ1n) is 5.95. The molecule has 3 fully saturated rings. The number of rotatable bonds is 2. The molecule has 14 heavy (non-hydrogen) atoms. The lowest BCUT2D eigenvalue weighted by Gasteiger charge is -2.27. The van der Waals surface area contributed by atoms with Crippen LogP contribution < -0.4 is 0 Å². The number of hydrogen-bond acceptors (Lipinski definition) is 2. The molecule has 3 aliphatic rings. The summed E-state index contributed by atoms with van der Waals surface area (Å²) in [5.41, 5.74) is 0. The highest BCUT2D eigenvalue weighted by Crippen LogP contribution is 2.59. The summed E-state index contributed by atoms with van der Waals surface area (Å²) in [5, 5.41) is 8.99. The lowest BCUT2D eigenvalue weighted by molar-refractivity contribution is -0.122. The lowest BCUT2D eigenvalue weighted by atomic mass is 9.77. The molecule has 3 saturated carbocycles. The molecule has 0 amide bonds. The number of hydrogen-bond donors (Lipinski definition) is 1. The molecule has 78 valence electrons. The van der Waals surface area contributed by atoms with Crippen molar-refractivity contribution in [2.45, 2.75) is 32.1 Å². The molecule has 5 unspecified atom stereocenters. The van der Waals surface area contributed by atoms with E-state index in [1.165, 1.54) is 19.3 Å². The smallest absolute Gasteiger partial charge is 0.136 e. The van der Waals surface area contributed by atoms with Crippen molar-refractivity contribution in [1.29, 1.82) is 0 Å². The third kappa shape index (κ3) is 1.04. The normalized spacial score (nSPS) is 50.1. The first-order chi connectivity index (χ1) is 6.81. The minimum atomic E-state index is 0.262. The van der Waals surface area contributed by atoms with Crippen LogP contribution in [0.5, 0.6) is 0 Å². The molecule has 0 aromatic rings. The van der Waals surface area contributed by atoms with E-state index in [-0.39, 0.29) is 6.61 Å². The predicted molar refractivity (Wildman–Crippen MR) is 52.6 cm³/mol. The van der Waals surface area contributed by atoms with Crippen LogP contribution in [0.1, 0.15) is 32.1 Å². The lowest BCUT2D eigenvalue weighted by Crippen LogP contribution is -2.24. The number of carbonyl (C=O) groups is 1. The summed E-state index contributed by atoms with van der Waals surface area (Å²) in [6.45, 7) is 0.262. The number of Topliss-reactive ketones (excluding diaryl/α,β-unsaturated/α-hetero) is 1. The van der Waals surface area contributed by atoms with Crippen molar-refractivity contribution >= 4 is 5.78 Å². The molecule has 5 atom stereocenters. The predicted octanol–water partition coefficient (Wildman–Crippen LogP) is 1.62. The Kier molecular flexibility index (Phi) is 1.94. The maximum atomic E-state index is 11.8. The van der Waals surface area contributed by atoms with E-state index in [9.17, 15) is 4.79 Å². The molecule has 2 nitrogen and oxygen atoms in total. The van der Waals surface area contributed by atoms with Crippen LogP contribution in [0.3, 0.4) is 0 Å². The average Bonchev–Trinajstić information content (AvgIpc) is 2.80. The average molecular weight is 194 g/mol. The zero-order valence-corrected chi connectivity index (χ0v) is 8.48. The van der Waals surface area contributed by atoms with Gasteiger partial charge in [0, 0.05) is 18.9 Å². The largest absolute Gasteiger partial charge is 0.396 e. The third-order valence-electron chi connectivity index (χ3n) is 4.86. The third-order valence-corrected chi connectivity index (χ3v) is 4.86. The van der Waals surface area contributed by atoms with Gasteiger partial charge in [0.15, 0.2) is 0 Å². The fourth-order valence-electron chi connectivity index (χ4n) is 4.48. The molecule has 0 heterocycles. The minimum absolute atomic E-state index is 0.262. The van der Waals surface area contributed by atoms with Crippen LogP contribution in [0.25, 0.3) is 0 Å². The second-order valence-electron chi connectivity index (χ2n) is 5.38. The highest BCUT2D eigenvalue weighted by molar-refractivity contribution is 5.84. The van der Waals surface area contributed by atoms with Crippen LogP contribution in [0, 0.1) is 29.6 Å². The van der Waals surface area contributed by atoms with Crippen LogP contribution in [0.2, 0.25) is 0 Å². The summed E-state index contributed by atoms with van der Waals surface area (Å²) in [4.78, 5) is 11.8. The van der Waals surface area contributed by atoms with Gasteiger partial charge in [0.1, 0.15) is 5.78 Å². The van der Waals surface area contributed by atoms with Gasteiger partial charge in [-0.25, -0.2) is 0 Å². The van der Waals surface area contributed by atoms with Crippen molar-refractivity contribution in [2.24, 2.45) is 29.6 Å². The zero-order valence-electron chi connectivity index (χ0n) is 8.48. The molecule has 0 radical (unpaired) electrons. The summed E-state index contributed by atoms with van der Waals surface area (Å²) < 4.78 is 0. The zero-order chi connectivity index (χ0) is 9.71. The van der Waals surface area contributed by atoms with E-state index < -0.39 is 0 Å². The van der Waals surface area contributed by atoms with Crippen LogP contribution in [-0.2, 0) is 4.79 Å². The van der Waals surface area contributed by atoms with Crippen molar-refractivity contribution in [1.82, 2.24) is 0 Å². The Hall–Kier alpha value is -0.370. The standard InChI is InChI=1S/C12H18O2/c13-4-3-9-6-10(14)12-8-2-1-7(5-8)11(9)12/h7-9,11-13H,1-6H2. The first kappa shape index (κ1) is 8.90. The van der Waals surface area contributed by atoms with Crippen LogP contribution in [0.4, 0.5) is 0 Å². The number of aliphatic hydroxyl groups excluding tert-OH is 1. The molecule has 0 saturated heterocycles. The van der Waals surface area contributed by atoms with E-state index in [0.717, 1.165) is 24.7 Å². The van der Waals surface area contributed by atoms with Crippen molar-refractivity contribution < 1.29 is 9.90 Å². The fourth-order valence-corrected chi connectivity index (χ4v) is 4.48. The number of aliphatic hydroxyl groups is 1. The van der Waals surface area contributed by atoms with E-state index >= 15 is 0 Å². The van der Waals surface area contributed by atoms with Crippen LogP contribution in [0.15, 0.2) is 0 Å². The molecule has 0 aliphatic heterocycles. The monoisotopic (exact) mass is 194 g/mol. The molecule has 2 heteroatoms. The van der Waals surface area contributed by atoms with E-state index in [4.69, 9.17) is 5.11 Å². The Labute approximate surface area is 84.7 Å². The summed E-state index contributed by atoms with van der Waals surface area (Å²) >= 11 is 0. The second kappa shape index (κ2) is 3.06. The topological polar surface area (TPSA) is 37.3 Å². The van der Waals surface area contributed by atoms with E-state index in [2.05, 4.69) is 0 Å². The van der Waals surface area contributed by atoms with Gasteiger partial charge < -0.3 is 5.11 Å². The Morgan fingerprint density at radius 2 is 2.07 bits per heavy atom. The molecular weight excluding hydrogens is 176 g/mol. The molecule has 1 N–H and O–H groups in total. The number of fused-ring (bicyclic) bond motifs is 5. The van der Waals surface area contributed by atoms with Gasteiger partial charge in [0.25, 0.3) is 0 Å². The van der Waals surface area contributed by atoms with Crippen molar-refractivity contribution in [2.75, 3.05) is 6.61 Å². The Morgan fingerprint density at radius 3 is 2.86 bits per heavy atom. The van der Waals surface area contributed by atoms with Gasteiger partial charge in [0.2, 0.25) is 0 Å². The summed E-state index contributed by atoms with van der Waals surface area (Å²) in [7, 11) is 0. The highest BCUT2D eigenvalue weighted by Gasteiger charge is 2.56. The van der Waals surface area contributed by atoms with Crippen LogP contribution >= 0.6 is 0 Å². The van der Waals surface area contributed by atoms with E-state index in [1.807, 2.05) is 0 Å². The molecule has 2 bridgehead atoms. The quantitative estimate of drug-likeness (QED) is 0.725. The maximum Gasteiger partial charge on any atom is 0.136 e. The van der Waals surface area contributed by atoms with E-state index in [0.29, 0.717) is 23.5 Å². The van der Waals surface area contributed by atoms with Gasteiger partial charge in [-0.3, -0.25) is 4.79 Å². The van der Waals surface area contributed by atoms with Crippen molar-refractivity contribution in [3.05, 3.63) is 0 Å². The van der Waals surface area contributed by atoms with Gasteiger partial charge in [-0.15, -0.1) is 0 Å². The maximum absolute atomic E-state index is 11.8. The molecular formula is C12H18O2. The molecule has 3 aliphatic carbocycles. The second-order valence-corrected chi connectivity index (χ2v) is 5.38. The summed E-state index contributed by atoms with van der Waals surface area (Å²) in [6.07, 6.45) is 5.58. The van der Waals surface area contributed by atoms with Crippen molar-refractivity contribution in [3.8, 4) is 0 Å². The van der Waals surface area contributed by atoms with Gasteiger partial charge in [-0.1, -0.05) is 0 Å². The molecule has 0 spiro atoms. The molecule has 0 aromatic carbocycles. The fraction of sp³-hybridized carbons (Fsp3) is 0.917. The van der Waals surface area contributed by atoms with Gasteiger partial charge in [-0.05, 0) is 49.4 Å². The summed E-state index contributed by atoms with van der Waals surface area (Å²) in [5.74, 6) is 3.65. The Morgan fingerprint density at radius 1 is 1.29 bits per heavy atom. The number of ketones is 1. The van der Waals surface area contributed by atoms with Gasteiger partial charge in [-0.2, -0.15) is 0 Å². The van der Waals surface area contributed by atoms with Crippen LogP contribution in [-0.4, -0.2) is 17.5 Å². The summed E-state index contributed by atoms with van der Waals surface area (Å²) in [6, 6.07) is 0. The van der Waals surface area contributed by atoms with E-state index in [1.54, 1.807) is 0 Å². The first-order valence-corrected chi connectivity index (χ1v) is 5.95. The van der Waals surface area contributed by atoms with Crippen molar-refractivity contribution in [3.63, 3.8) is 0 Å². The highest BCUT2D eigenvalue weighted by atomic mass is 16.3. The van der Waals surface area contributed by atoms with Gasteiger partial charge >= 0.3 is 0 Å². The Bertz CT molecular complexity index is 261. The number of carbonyl (C=O) groups excluding carboxylic acids is 1. The Balaban J connectivity index is 1.84.